The van der Waals surface area contributed by atoms with Crippen LogP contribution in [0.2, 0.25) is 0 Å². The van der Waals surface area contributed by atoms with Gasteiger partial charge in [-0.3, -0.25) is 10.6 Å². The zero-order chi connectivity index (χ0) is 14.7. The van der Waals surface area contributed by atoms with Crippen LogP contribution in [0.5, 0.6) is 0 Å². The lowest BCUT2D eigenvalue weighted by atomic mass is 10.1. The molecule has 0 aromatic heterocycles. The number of aryl methyl sites for hydroxylation is 3. The second kappa shape index (κ2) is 5.75. The van der Waals surface area contributed by atoms with E-state index in [1.165, 1.54) is 5.56 Å². The van der Waals surface area contributed by atoms with E-state index in [2.05, 4.69) is 10.7 Å². The third kappa shape index (κ3) is 2.97. The first-order valence-corrected chi connectivity index (χ1v) is 6.47. The molecule has 0 unspecified atom stereocenters. The van der Waals surface area contributed by atoms with Crippen molar-refractivity contribution in [3.63, 3.8) is 0 Å². The predicted octanol–water partition coefficient (Wildman–Crippen LogP) is 3.15. The summed E-state index contributed by atoms with van der Waals surface area (Å²) in [7, 11) is 0. The Labute approximate surface area is 119 Å². The molecule has 2 aromatic rings. The molecule has 0 aliphatic heterocycles. The van der Waals surface area contributed by atoms with Gasteiger partial charge in [-0.1, -0.05) is 17.7 Å². The van der Waals surface area contributed by atoms with Crippen LogP contribution in [0, 0.1) is 20.8 Å². The minimum Gasteiger partial charge on any atom is -0.323 e. The maximum absolute atomic E-state index is 12.3. The molecule has 0 saturated carbocycles. The number of hydrogen-bond acceptors (Lipinski definition) is 3. The van der Waals surface area contributed by atoms with E-state index in [0.717, 1.165) is 16.8 Å². The molecule has 0 fully saturated rings. The fraction of sp³-hybridized carbons (Fsp3) is 0.188. The number of nitrogen functional groups attached to an aromatic ring is 1. The van der Waals surface area contributed by atoms with Crippen molar-refractivity contribution in [2.45, 2.75) is 20.8 Å². The lowest BCUT2D eigenvalue weighted by Gasteiger charge is -2.11. The average Bonchev–Trinajstić information content (AvgIpc) is 2.43. The van der Waals surface area contributed by atoms with E-state index < -0.39 is 0 Å². The van der Waals surface area contributed by atoms with Gasteiger partial charge < -0.3 is 10.7 Å². The van der Waals surface area contributed by atoms with Crippen molar-refractivity contribution in [2.75, 3.05) is 10.7 Å². The molecule has 0 radical (unpaired) electrons. The molecule has 0 atom stereocenters. The Kier molecular flexibility index (Phi) is 4.05. The summed E-state index contributed by atoms with van der Waals surface area (Å²) < 4.78 is 0. The highest BCUT2D eigenvalue weighted by molar-refractivity contribution is 6.08. The summed E-state index contributed by atoms with van der Waals surface area (Å²) in [5, 5.41) is 2.89. The van der Waals surface area contributed by atoms with Crippen LogP contribution >= 0.6 is 0 Å². The molecule has 2 aromatic carbocycles. The SMILES string of the molecule is Cc1ccc(NN)c(C(=O)Nc2ccc(C)c(C)c2)c1. The summed E-state index contributed by atoms with van der Waals surface area (Å²) in [6.45, 7) is 6.00. The number of rotatable bonds is 3. The summed E-state index contributed by atoms with van der Waals surface area (Å²) in [5.41, 5.74) is 7.82. The maximum atomic E-state index is 12.3. The van der Waals surface area contributed by atoms with Crippen LogP contribution in [0.15, 0.2) is 36.4 Å². The van der Waals surface area contributed by atoms with Crippen LogP contribution in [0.25, 0.3) is 0 Å². The molecule has 2 rings (SSSR count). The lowest BCUT2D eigenvalue weighted by Crippen LogP contribution is -2.17. The third-order valence-electron chi connectivity index (χ3n) is 3.34. The Bertz CT molecular complexity index is 650. The maximum Gasteiger partial charge on any atom is 0.257 e. The smallest absolute Gasteiger partial charge is 0.257 e. The Morgan fingerprint density at radius 3 is 2.40 bits per heavy atom. The number of carbonyl (C=O) groups excluding carboxylic acids is 1. The van der Waals surface area contributed by atoms with Crippen molar-refractivity contribution in [3.05, 3.63) is 58.7 Å². The van der Waals surface area contributed by atoms with Gasteiger partial charge in [-0.15, -0.1) is 0 Å². The molecular formula is C16H19N3O. The fourth-order valence-corrected chi connectivity index (χ4v) is 1.99. The average molecular weight is 269 g/mol. The molecule has 4 nitrogen and oxygen atoms in total. The molecule has 0 saturated heterocycles. The molecule has 1 amide bonds. The second-order valence-corrected chi connectivity index (χ2v) is 4.95. The van der Waals surface area contributed by atoms with Crippen LogP contribution in [0.1, 0.15) is 27.0 Å². The molecule has 0 aliphatic carbocycles. The van der Waals surface area contributed by atoms with Crippen LogP contribution in [0.4, 0.5) is 11.4 Å². The van der Waals surface area contributed by atoms with Crippen molar-refractivity contribution >= 4 is 17.3 Å². The number of amides is 1. The molecule has 4 N–H and O–H groups in total. The van der Waals surface area contributed by atoms with Gasteiger partial charge >= 0.3 is 0 Å². The minimum atomic E-state index is -0.176. The minimum absolute atomic E-state index is 0.176. The third-order valence-corrected chi connectivity index (χ3v) is 3.34. The van der Waals surface area contributed by atoms with E-state index in [-0.39, 0.29) is 5.91 Å². The van der Waals surface area contributed by atoms with Crippen molar-refractivity contribution in [3.8, 4) is 0 Å². The molecule has 0 aliphatic rings. The van der Waals surface area contributed by atoms with Gasteiger partial charge in [-0.25, -0.2) is 0 Å². The molecule has 0 bridgehead atoms. The Morgan fingerprint density at radius 1 is 1.00 bits per heavy atom. The van der Waals surface area contributed by atoms with E-state index in [9.17, 15) is 4.79 Å². The normalized spacial score (nSPS) is 10.2. The highest BCUT2D eigenvalue weighted by atomic mass is 16.1. The molecule has 0 heterocycles. The first kappa shape index (κ1) is 14.1. The number of benzene rings is 2. The number of hydrogen-bond donors (Lipinski definition) is 3. The van der Waals surface area contributed by atoms with Crippen LogP contribution < -0.4 is 16.6 Å². The number of nitrogens with one attached hydrogen (secondary N) is 2. The van der Waals surface area contributed by atoms with Gasteiger partial charge in [0.25, 0.3) is 5.91 Å². The zero-order valence-corrected chi connectivity index (χ0v) is 11.9. The molecule has 20 heavy (non-hydrogen) atoms. The van der Waals surface area contributed by atoms with Gasteiger partial charge in [0.05, 0.1) is 11.3 Å². The molecular weight excluding hydrogens is 250 g/mol. The summed E-state index contributed by atoms with van der Waals surface area (Å²) in [6, 6.07) is 11.4. The van der Waals surface area contributed by atoms with Crippen LogP contribution in [-0.2, 0) is 0 Å². The first-order chi connectivity index (χ1) is 9.51. The van der Waals surface area contributed by atoms with Gasteiger partial charge in [0.1, 0.15) is 0 Å². The van der Waals surface area contributed by atoms with Crippen molar-refractivity contribution < 1.29 is 4.79 Å². The van der Waals surface area contributed by atoms with Crippen molar-refractivity contribution in [2.24, 2.45) is 5.84 Å². The largest absolute Gasteiger partial charge is 0.323 e. The van der Waals surface area contributed by atoms with Gasteiger partial charge in [-0.05, 0) is 56.2 Å². The predicted molar refractivity (Wildman–Crippen MR) is 82.9 cm³/mol. The number of anilines is 2. The van der Waals surface area contributed by atoms with E-state index in [1.54, 1.807) is 6.07 Å². The topological polar surface area (TPSA) is 67.1 Å². The molecule has 4 heteroatoms. The van der Waals surface area contributed by atoms with Crippen molar-refractivity contribution in [1.29, 1.82) is 0 Å². The Morgan fingerprint density at radius 2 is 1.75 bits per heavy atom. The van der Waals surface area contributed by atoms with E-state index in [1.807, 2.05) is 51.1 Å². The quantitative estimate of drug-likeness (QED) is 0.592. The number of hydrazine groups is 1. The number of nitrogens with two attached hydrogens (primary N) is 1. The summed E-state index contributed by atoms with van der Waals surface area (Å²) in [4.78, 5) is 12.3. The van der Waals surface area contributed by atoms with E-state index >= 15 is 0 Å². The standard InChI is InChI=1S/C16H19N3O/c1-10-4-7-15(19-17)14(8-10)16(20)18-13-6-5-11(2)12(3)9-13/h4-9,19H,17H2,1-3H3,(H,18,20). The summed E-state index contributed by atoms with van der Waals surface area (Å²) in [5.74, 6) is 5.27. The summed E-state index contributed by atoms with van der Waals surface area (Å²) >= 11 is 0. The van der Waals surface area contributed by atoms with E-state index in [0.29, 0.717) is 11.3 Å². The zero-order valence-electron chi connectivity index (χ0n) is 11.9. The van der Waals surface area contributed by atoms with Gasteiger partial charge in [0.15, 0.2) is 0 Å². The lowest BCUT2D eigenvalue weighted by molar-refractivity contribution is 0.102. The number of carbonyl (C=O) groups is 1. The molecule has 0 spiro atoms. The van der Waals surface area contributed by atoms with Gasteiger partial charge in [-0.2, -0.15) is 0 Å². The second-order valence-electron chi connectivity index (χ2n) is 4.95. The summed E-state index contributed by atoms with van der Waals surface area (Å²) in [6.07, 6.45) is 0. The Balaban J connectivity index is 2.27. The highest BCUT2D eigenvalue weighted by Gasteiger charge is 2.11. The van der Waals surface area contributed by atoms with E-state index in [4.69, 9.17) is 5.84 Å². The molecule has 104 valence electrons. The first-order valence-electron chi connectivity index (χ1n) is 6.47. The Hall–Kier alpha value is -2.33. The van der Waals surface area contributed by atoms with Gasteiger partial charge in [0.2, 0.25) is 0 Å². The van der Waals surface area contributed by atoms with Crippen LogP contribution in [0.3, 0.4) is 0 Å². The monoisotopic (exact) mass is 269 g/mol. The van der Waals surface area contributed by atoms with Crippen LogP contribution in [-0.4, -0.2) is 5.91 Å². The highest BCUT2D eigenvalue weighted by Crippen LogP contribution is 2.19. The fourth-order valence-electron chi connectivity index (χ4n) is 1.99. The van der Waals surface area contributed by atoms with Crippen molar-refractivity contribution in [1.82, 2.24) is 0 Å². The van der Waals surface area contributed by atoms with Gasteiger partial charge in [0, 0.05) is 5.69 Å².